The molecule has 1 heterocycles. The molecule has 1 fully saturated rings. The van der Waals surface area contributed by atoms with Gasteiger partial charge in [0.1, 0.15) is 0 Å². The Hall–Kier alpha value is -0.810. The highest BCUT2D eigenvalue weighted by Gasteiger charge is 2.20. The predicted octanol–water partition coefficient (Wildman–Crippen LogP) is 2.78. The van der Waals surface area contributed by atoms with Crippen molar-refractivity contribution in [2.45, 2.75) is 73.4 Å². The molecule has 2 atom stereocenters. The molecule has 0 bridgehead atoms. The minimum Gasteiger partial charge on any atom is -0.357 e. The average Bonchev–Trinajstić information content (AvgIpc) is 2.57. The number of piperazine rings is 1. The van der Waals surface area contributed by atoms with E-state index >= 15 is 0 Å². The van der Waals surface area contributed by atoms with E-state index in [1.165, 1.54) is 32.5 Å². The molecule has 0 amide bonds. The van der Waals surface area contributed by atoms with E-state index in [0.717, 1.165) is 32.1 Å². The molecule has 2 unspecified atom stereocenters. The Morgan fingerprint density at radius 3 is 2.24 bits per heavy atom. The second-order valence-electron chi connectivity index (χ2n) is 8.68. The summed E-state index contributed by atoms with van der Waals surface area (Å²) in [5.41, 5.74) is 0.389. The number of nitrogens with zero attached hydrogens (tertiary/aromatic N) is 3. The Labute approximate surface area is 156 Å². The fourth-order valence-corrected chi connectivity index (χ4v) is 3.13. The summed E-state index contributed by atoms with van der Waals surface area (Å²) in [7, 11) is 0. The van der Waals surface area contributed by atoms with E-state index in [2.05, 4.69) is 68.9 Å². The van der Waals surface area contributed by atoms with Gasteiger partial charge in [-0.15, -0.1) is 0 Å². The second-order valence-corrected chi connectivity index (χ2v) is 8.68. The molecule has 2 N–H and O–H groups in total. The Kier molecular flexibility index (Phi) is 9.80. The fraction of sp³-hybridized carbons (Fsp3) is 0.950. The number of hydrogen-bond donors (Lipinski definition) is 2. The van der Waals surface area contributed by atoms with Gasteiger partial charge in [0.05, 0.1) is 6.54 Å². The van der Waals surface area contributed by atoms with Crippen molar-refractivity contribution in [1.82, 2.24) is 20.4 Å². The van der Waals surface area contributed by atoms with E-state index < -0.39 is 0 Å². The lowest BCUT2D eigenvalue weighted by molar-refractivity contribution is 0.109. The highest BCUT2D eigenvalue weighted by atomic mass is 15.3. The highest BCUT2D eigenvalue weighted by molar-refractivity contribution is 5.80. The summed E-state index contributed by atoms with van der Waals surface area (Å²) in [6, 6.07) is 0.944. The van der Waals surface area contributed by atoms with Crippen molar-refractivity contribution < 1.29 is 0 Å². The molecule has 0 saturated carbocycles. The third-order valence-corrected chi connectivity index (χ3v) is 5.05. The molecule has 1 rings (SSSR count). The van der Waals surface area contributed by atoms with Crippen molar-refractivity contribution in [1.29, 1.82) is 0 Å². The normalized spacial score (nSPS) is 20.4. The quantitative estimate of drug-likeness (QED) is 0.520. The molecule has 25 heavy (non-hydrogen) atoms. The van der Waals surface area contributed by atoms with Crippen molar-refractivity contribution >= 4 is 5.96 Å². The van der Waals surface area contributed by atoms with E-state index in [9.17, 15) is 0 Å². The van der Waals surface area contributed by atoms with Crippen molar-refractivity contribution in [3.8, 4) is 0 Å². The fourth-order valence-electron chi connectivity index (χ4n) is 3.13. The predicted molar refractivity (Wildman–Crippen MR) is 110 cm³/mol. The molecule has 5 nitrogen and oxygen atoms in total. The summed E-state index contributed by atoms with van der Waals surface area (Å²) in [6.07, 6.45) is 2.39. The molecule has 0 aliphatic carbocycles. The van der Waals surface area contributed by atoms with Crippen molar-refractivity contribution in [2.24, 2.45) is 10.4 Å². The van der Waals surface area contributed by atoms with Crippen LogP contribution in [0.1, 0.15) is 61.3 Å². The van der Waals surface area contributed by atoms with Gasteiger partial charge in [0.15, 0.2) is 5.96 Å². The van der Waals surface area contributed by atoms with Crippen LogP contribution in [0.25, 0.3) is 0 Å². The number of nitrogens with one attached hydrogen (secondary N) is 2. The van der Waals surface area contributed by atoms with E-state index in [4.69, 9.17) is 4.99 Å². The smallest absolute Gasteiger partial charge is 0.191 e. The molecule has 1 saturated heterocycles. The lowest BCUT2D eigenvalue weighted by Crippen LogP contribution is -2.50. The zero-order valence-corrected chi connectivity index (χ0v) is 17.9. The van der Waals surface area contributed by atoms with Gasteiger partial charge in [-0.25, -0.2) is 0 Å². The van der Waals surface area contributed by atoms with Crippen molar-refractivity contribution in [3.63, 3.8) is 0 Å². The summed E-state index contributed by atoms with van der Waals surface area (Å²) in [4.78, 5) is 9.95. The van der Waals surface area contributed by atoms with Gasteiger partial charge in [0.2, 0.25) is 0 Å². The van der Waals surface area contributed by atoms with Crippen LogP contribution in [0.2, 0.25) is 0 Å². The number of aliphatic imine (C=N–C) groups is 1. The first kappa shape index (κ1) is 22.2. The SMILES string of the molecule is CCNC(=NCC(C)N1CCN(CC)CC1)NC(C)CCC(C)(C)C. The van der Waals surface area contributed by atoms with Gasteiger partial charge >= 0.3 is 0 Å². The third-order valence-electron chi connectivity index (χ3n) is 5.05. The molecule has 0 aromatic rings. The molecule has 0 spiro atoms. The minimum absolute atomic E-state index is 0.389. The molecule has 1 aliphatic heterocycles. The number of hydrogen-bond acceptors (Lipinski definition) is 3. The highest BCUT2D eigenvalue weighted by Crippen LogP contribution is 2.21. The van der Waals surface area contributed by atoms with Crippen LogP contribution in [0.4, 0.5) is 0 Å². The van der Waals surface area contributed by atoms with Gasteiger partial charge in [-0.3, -0.25) is 9.89 Å². The lowest BCUT2D eigenvalue weighted by atomic mass is 9.89. The molecule has 0 radical (unpaired) electrons. The second kappa shape index (κ2) is 11.0. The monoisotopic (exact) mass is 353 g/mol. The number of guanidine groups is 1. The van der Waals surface area contributed by atoms with Gasteiger partial charge in [-0.05, 0) is 45.6 Å². The van der Waals surface area contributed by atoms with Crippen LogP contribution in [0.5, 0.6) is 0 Å². The van der Waals surface area contributed by atoms with Crippen LogP contribution < -0.4 is 10.6 Å². The van der Waals surface area contributed by atoms with Gasteiger partial charge < -0.3 is 15.5 Å². The Balaban J connectivity index is 2.45. The minimum atomic E-state index is 0.389. The maximum Gasteiger partial charge on any atom is 0.191 e. The zero-order valence-electron chi connectivity index (χ0n) is 17.9. The molecule has 5 heteroatoms. The van der Waals surface area contributed by atoms with Crippen LogP contribution in [-0.4, -0.2) is 73.7 Å². The van der Waals surface area contributed by atoms with Crippen molar-refractivity contribution in [3.05, 3.63) is 0 Å². The lowest BCUT2D eigenvalue weighted by Gasteiger charge is -2.37. The van der Waals surface area contributed by atoms with Crippen LogP contribution >= 0.6 is 0 Å². The van der Waals surface area contributed by atoms with Crippen LogP contribution in [-0.2, 0) is 0 Å². The van der Waals surface area contributed by atoms with Gasteiger partial charge in [-0.1, -0.05) is 27.7 Å². The first-order valence-corrected chi connectivity index (χ1v) is 10.3. The molecule has 1 aliphatic rings. The van der Waals surface area contributed by atoms with Crippen LogP contribution in [0.15, 0.2) is 4.99 Å². The van der Waals surface area contributed by atoms with E-state index in [1.54, 1.807) is 0 Å². The van der Waals surface area contributed by atoms with E-state index in [1.807, 2.05) is 0 Å². The van der Waals surface area contributed by atoms with Crippen LogP contribution in [0.3, 0.4) is 0 Å². The van der Waals surface area contributed by atoms with E-state index in [0.29, 0.717) is 17.5 Å². The van der Waals surface area contributed by atoms with Gasteiger partial charge in [-0.2, -0.15) is 0 Å². The molecular formula is C20H43N5. The first-order valence-electron chi connectivity index (χ1n) is 10.3. The summed E-state index contributed by atoms with van der Waals surface area (Å²) in [6.45, 7) is 23.5. The Bertz CT molecular complexity index is 380. The molecular weight excluding hydrogens is 310 g/mol. The van der Waals surface area contributed by atoms with E-state index in [-0.39, 0.29) is 0 Å². The molecule has 0 aromatic carbocycles. The van der Waals surface area contributed by atoms with Crippen LogP contribution in [0, 0.1) is 5.41 Å². The topological polar surface area (TPSA) is 42.9 Å². The Morgan fingerprint density at radius 2 is 1.72 bits per heavy atom. The largest absolute Gasteiger partial charge is 0.357 e. The van der Waals surface area contributed by atoms with Gasteiger partial charge in [0.25, 0.3) is 0 Å². The summed E-state index contributed by atoms with van der Waals surface area (Å²) in [5.74, 6) is 0.961. The number of likely N-dealkylation sites (N-methyl/N-ethyl adjacent to an activating group) is 1. The summed E-state index contributed by atoms with van der Waals surface area (Å²) >= 11 is 0. The number of rotatable bonds is 8. The standard InChI is InChI=1S/C20H43N5/c1-8-21-19(23-17(3)10-11-20(5,6)7)22-16-18(4)25-14-12-24(9-2)13-15-25/h17-18H,8-16H2,1-7H3,(H2,21,22,23). The summed E-state index contributed by atoms with van der Waals surface area (Å²) in [5, 5.41) is 6.97. The molecule has 148 valence electrons. The Morgan fingerprint density at radius 1 is 1.08 bits per heavy atom. The molecule has 0 aromatic heterocycles. The average molecular weight is 354 g/mol. The maximum absolute atomic E-state index is 4.85. The summed E-state index contributed by atoms with van der Waals surface area (Å²) < 4.78 is 0. The third kappa shape index (κ3) is 9.45. The first-order chi connectivity index (χ1) is 11.7. The zero-order chi connectivity index (χ0) is 18.9. The van der Waals surface area contributed by atoms with Crippen molar-refractivity contribution in [2.75, 3.05) is 45.8 Å². The maximum atomic E-state index is 4.85. The van der Waals surface area contributed by atoms with Gasteiger partial charge in [0, 0.05) is 44.8 Å².